The third kappa shape index (κ3) is 4.31. The monoisotopic (exact) mass is 292 g/mol. The molecule has 1 aromatic heterocycles. The third-order valence-corrected chi connectivity index (χ3v) is 3.85. The third-order valence-electron chi connectivity index (χ3n) is 3.85. The Hall–Kier alpha value is -1.85. The summed E-state index contributed by atoms with van der Waals surface area (Å²) in [6, 6.07) is 2.05. The van der Waals surface area contributed by atoms with Crippen molar-refractivity contribution in [3.63, 3.8) is 0 Å². The molecule has 0 unspecified atom stereocenters. The van der Waals surface area contributed by atoms with Gasteiger partial charge < -0.3 is 10.6 Å². The van der Waals surface area contributed by atoms with Crippen LogP contribution in [0.5, 0.6) is 0 Å². The van der Waals surface area contributed by atoms with Crippen LogP contribution in [0.2, 0.25) is 0 Å². The average molecular weight is 292 g/mol. The van der Waals surface area contributed by atoms with Crippen molar-refractivity contribution in [1.82, 2.24) is 20.4 Å². The van der Waals surface area contributed by atoms with Crippen LogP contribution in [0.25, 0.3) is 0 Å². The van der Waals surface area contributed by atoms with Gasteiger partial charge in [0.1, 0.15) is 0 Å². The molecule has 116 valence electrons. The van der Waals surface area contributed by atoms with Gasteiger partial charge in [-0.2, -0.15) is 5.10 Å². The van der Waals surface area contributed by atoms with Crippen LogP contribution in [0.15, 0.2) is 6.07 Å². The van der Waals surface area contributed by atoms with E-state index in [1.165, 1.54) is 0 Å². The van der Waals surface area contributed by atoms with Crippen LogP contribution in [0.1, 0.15) is 31.2 Å². The highest BCUT2D eigenvalue weighted by Crippen LogP contribution is 2.11. The largest absolute Gasteiger partial charge is 0.355 e. The summed E-state index contributed by atoms with van der Waals surface area (Å²) in [7, 11) is 0. The lowest BCUT2D eigenvalue weighted by atomic mass is 9.98. The van der Waals surface area contributed by atoms with E-state index >= 15 is 0 Å². The second kappa shape index (κ2) is 6.74. The Labute approximate surface area is 125 Å². The average Bonchev–Trinajstić information content (AvgIpc) is 2.75. The molecule has 1 saturated heterocycles. The van der Waals surface area contributed by atoms with Crippen molar-refractivity contribution in [2.45, 2.75) is 40.2 Å². The lowest BCUT2D eigenvalue weighted by molar-refractivity contribution is -0.129. The number of piperidine rings is 1. The Morgan fingerprint density at radius 3 is 2.90 bits per heavy atom. The molecule has 21 heavy (non-hydrogen) atoms. The first kappa shape index (κ1) is 15.5. The maximum Gasteiger partial charge on any atom is 0.224 e. The zero-order valence-electron chi connectivity index (χ0n) is 13.0. The maximum atomic E-state index is 12.0. The van der Waals surface area contributed by atoms with Gasteiger partial charge in [0.2, 0.25) is 11.8 Å². The summed E-state index contributed by atoms with van der Waals surface area (Å²) in [5, 5.41) is 10.2. The van der Waals surface area contributed by atoms with Crippen LogP contribution >= 0.6 is 0 Å². The van der Waals surface area contributed by atoms with Gasteiger partial charge in [0.05, 0.1) is 11.6 Å². The molecular weight excluding hydrogens is 268 g/mol. The van der Waals surface area contributed by atoms with E-state index in [4.69, 9.17) is 0 Å². The maximum absolute atomic E-state index is 12.0. The lowest BCUT2D eigenvalue weighted by Crippen LogP contribution is -2.44. The van der Waals surface area contributed by atoms with Gasteiger partial charge in [-0.3, -0.25) is 14.3 Å². The van der Waals surface area contributed by atoms with Gasteiger partial charge in [-0.25, -0.2) is 0 Å². The molecule has 0 bridgehead atoms. The molecule has 1 fully saturated rings. The first-order valence-electron chi connectivity index (χ1n) is 7.51. The molecule has 0 saturated carbocycles. The van der Waals surface area contributed by atoms with Crippen LogP contribution in [0, 0.1) is 25.7 Å². The highest BCUT2D eigenvalue weighted by molar-refractivity contribution is 5.83. The molecule has 1 aromatic rings. The van der Waals surface area contributed by atoms with E-state index in [2.05, 4.69) is 28.7 Å². The Balaban J connectivity index is 1.75. The van der Waals surface area contributed by atoms with Crippen molar-refractivity contribution in [2.75, 3.05) is 13.1 Å². The van der Waals surface area contributed by atoms with E-state index in [0.717, 1.165) is 17.9 Å². The number of hydrogen-bond acceptors (Lipinski definition) is 3. The van der Waals surface area contributed by atoms with Crippen molar-refractivity contribution >= 4 is 11.8 Å². The van der Waals surface area contributed by atoms with Gasteiger partial charge in [0.15, 0.2) is 0 Å². The molecule has 0 spiro atoms. The number of rotatable bonds is 5. The molecule has 1 aliphatic rings. The minimum absolute atomic E-state index is 0.0372. The highest BCUT2D eigenvalue weighted by atomic mass is 16.2. The van der Waals surface area contributed by atoms with Crippen molar-refractivity contribution < 1.29 is 9.59 Å². The van der Waals surface area contributed by atoms with Crippen molar-refractivity contribution in [1.29, 1.82) is 0 Å². The fraction of sp³-hybridized carbons (Fsp3) is 0.667. The summed E-state index contributed by atoms with van der Waals surface area (Å²) in [5.74, 6) is 0.292. The molecule has 0 radical (unpaired) electrons. The predicted molar refractivity (Wildman–Crippen MR) is 79.6 cm³/mol. The molecule has 6 nitrogen and oxygen atoms in total. The van der Waals surface area contributed by atoms with Crippen molar-refractivity contribution in [3.8, 4) is 0 Å². The number of amides is 2. The first-order valence-corrected chi connectivity index (χ1v) is 7.51. The SMILES string of the molecule is Cc1cc(C)n(C[C@H](C)CNC(=O)[C@@H]2CCC(=O)NC2)n1. The van der Waals surface area contributed by atoms with Gasteiger partial charge in [-0.15, -0.1) is 0 Å². The minimum Gasteiger partial charge on any atom is -0.355 e. The molecule has 2 rings (SSSR count). The van der Waals surface area contributed by atoms with Crippen molar-refractivity contribution in [2.24, 2.45) is 11.8 Å². The molecule has 2 atom stereocenters. The lowest BCUT2D eigenvalue weighted by Gasteiger charge is -2.22. The van der Waals surface area contributed by atoms with Crippen LogP contribution in [0.3, 0.4) is 0 Å². The number of nitrogens with one attached hydrogen (secondary N) is 2. The molecule has 1 aliphatic heterocycles. The second-order valence-corrected chi connectivity index (χ2v) is 6.00. The zero-order valence-corrected chi connectivity index (χ0v) is 13.0. The second-order valence-electron chi connectivity index (χ2n) is 6.00. The van der Waals surface area contributed by atoms with E-state index < -0.39 is 0 Å². The van der Waals surface area contributed by atoms with E-state index in [1.807, 2.05) is 18.5 Å². The highest BCUT2D eigenvalue weighted by Gasteiger charge is 2.24. The number of nitrogens with zero attached hydrogens (tertiary/aromatic N) is 2. The molecule has 2 heterocycles. The van der Waals surface area contributed by atoms with Gasteiger partial charge in [-0.05, 0) is 32.3 Å². The number of aryl methyl sites for hydroxylation is 2. The molecule has 2 amide bonds. The van der Waals surface area contributed by atoms with E-state index in [-0.39, 0.29) is 17.7 Å². The molecule has 2 N–H and O–H groups in total. The van der Waals surface area contributed by atoms with E-state index in [9.17, 15) is 9.59 Å². The first-order chi connectivity index (χ1) is 9.95. The van der Waals surface area contributed by atoms with Crippen LogP contribution < -0.4 is 10.6 Å². The van der Waals surface area contributed by atoms with Crippen LogP contribution in [-0.2, 0) is 16.1 Å². The van der Waals surface area contributed by atoms with Crippen LogP contribution in [0.4, 0.5) is 0 Å². The summed E-state index contributed by atoms with van der Waals surface area (Å²) >= 11 is 0. The van der Waals surface area contributed by atoms with Gasteiger partial charge >= 0.3 is 0 Å². The molecule has 6 heteroatoms. The Morgan fingerprint density at radius 1 is 1.57 bits per heavy atom. The Morgan fingerprint density at radius 2 is 2.33 bits per heavy atom. The van der Waals surface area contributed by atoms with Crippen molar-refractivity contribution in [3.05, 3.63) is 17.5 Å². The number of aromatic nitrogens is 2. The zero-order chi connectivity index (χ0) is 15.4. The quantitative estimate of drug-likeness (QED) is 0.842. The van der Waals surface area contributed by atoms with E-state index in [0.29, 0.717) is 31.8 Å². The fourth-order valence-electron chi connectivity index (χ4n) is 2.60. The molecular formula is C15H24N4O2. The normalized spacial score (nSPS) is 20.0. The van der Waals surface area contributed by atoms with Crippen LogP contribution in [-0.4, -0.2) is 34.7 Å². The Bertz CT molecular complexity index is 514. The number of carbonyl (C=O) groups excluding carboxylic acids is 2. The summed E-state index contributed by atoms with van der Waals surface area (Å²) in [6.45, 7) is 7.99. The van der Waals surface area contributed by atoms with Gasteiger partial charge in [0.25, 0.3) is 0 Å². The molecule has 0 aromatic carbocycles. The van der Waals surface area contributed by atoms with Gasteiger partial charge in [-0.1, -0.05) is 6.92 Å². The molecule has 0 aliphatic carbocycles. The number of carbonyl (C=O) groups is 2. The predicted octanol–water partition coefficient (Wildman–Crippen LogP) is 0.778. The standard InChI is InChI=1S/C15H24N4O2/c1-10(9-19-12(3)6-11(2)18-19)7-17-15(21)13-4-5-14(20)16-8-13/h6,10,13H,4-5,7-9H2,1-3H3,(H,16,20)(H,17,21)/t10-,13-/m1/s1. The minimum atomic E-state index is -0.0939. The summed E-state index contributed by atoms with van der Waals surface area (Å²) in [4.78, 5) is 23.1. The van der Waals surface area contributed by atoms with E-state index in [1.54, 1.807) is 0 Å². The summed E-state index contributed by atoms with van der Waals surface area (Å²) in [6.07, 6.45) is 1.09. The fourth-order valence-corrected chi connectivity index (χ4v) is 2.60. The summed E-state index contributed by atoms with van der Waals surface area (Å²) in [5.41, 5.74) is 2.15. The topological polar surface area (TPSA) is 76.0 Å². The number of hydrogen-bond donors (Lipinski definition) is 2. The van der Waals surface area contributed by atoms with Gasteiger partial charge in [0, 0.05) is 31.7 Å². The Kier molecular flexibility index (Phi) is 4.98. The smallest absolute Gasteiger partial charge is 0.224 e. The summed E-state index contributed by atoms with van der Waals surface area (Å²) < 4.78 is 1.98.